The molecule has 1 aromatic rings. The number of anilines is 1. The molecule has 0 saturated carbocycles. The van der Waals surface area contributed by atoms with Crippen LogP contribution in [0.3, 0.4) is 0 Å². The van der Waals surface area contributed by atoms with Gasteiger partial charge in [0.2, 0.25) is 0 Å². The van der Waals surface area contributed by atoms with Crippen LogP contribution in [0.1, 0.15) is 5.56 Å². The van der Waals surface area contributed by atoms with Crippen LogP contribution in [0.4, 0.5) is 5.69 Å². The average Bonchev–Trinajstić information content (AvgIpc) is 1.83. The van der Waals surface area contributed by atoms with Crippen molar-refractivity contribution in [3.8, 4) is 0 Å². The summed E-state index contributed by atoms with van der Waals surface area (Å²) in [7, 11) is -2.31. The second-order valence-corrected chi connectivity index (χ2v) is 6.40. The van der Waals surface area contributed by atoms with Crippen LogP contribution in [0.15, 0.2) is 12.3 Å². The lowest BCUT2D eigenvalue weighted by Gasteiger charge is -2.08. The Kier molecular flexibility index (Phi) is 2.25. The van der Waals surface area contributed by atoms with Crippen molar-refractivity contribution in [2.75, 3.05) is 19.1 Å². The Hall–Kier alpha value is -0.820. The van der Waals surface area contributed by atoms with Crippen LogP contribution < -0.4 is 11.2 Å². The van der Waals surface area contributed by atoms with Gasteiger partial charge in [0.25, 0.3) is 0 Å². The number of pyridine rings is 1. The number of nitrogens with two attached hydrogens (primary N) is 1. The molecule has 0 aliphatic rings. The van der Waals surface area contributed by atoms with Crippen LogP contribution in [0.25, 0.3) is 0 Å². The lowest BCUT2D eigenvalue weighted by atomic mass is 10.3. The molecule has 0 atom stereocenters. The first kappa shape index (κ1) is 9.27. The predicted molar refractivity (Wildman–Crippen MR) is 52.5 cm³/mol. The molecular weight excluding hydrogens is 171 g/mol. The highest BCUT2D eigenvalue weighted by Gasteiger charge is 2.15. The van der Waals surface area contributed by atoms with Crippen LogP contribution in [-0.2, 0) is 4.57 Å². The number of nitrogen functional groups attached to an aromatic ring is 1. The molecule has 0 unspecified atom stereocenters. The lowest BCUT2D eigenvalue weighted by molar-refractivity contribution is 0.588. The minimum absolute atomic E-state index is 0.531. The Labute approximate surface area is 72.4 Å². The van der Waals surface area contributed by atoms with E-state index in [1.54, 1.807) is 25.6 Å². The van der Waals surface area contributed by atoms with Gasteiger partial charge in [0.05, 0.1) is 5.69 Å². The maximum Gasteiger partial charge on any atom is 0.129 e. The summed E-state index contributed by atoms with van der Waals surface area (Å²) in [5.41, 5.74) is 7.73. The summed E-state index contributed by atoms with van der Waals surface area (Å²) in [6.45, 7) is 5.24. The summed E-state index contributed by atoms with van der Waals surface area (Å²) >= 11 is 0. The molecule has 2 N–H and O–H groups in total. The molecule has 0 radical (unpaired) electrons. The molecule has 0 aromatic carbocycles. The highest BCUT2D eigenvalue weighted by atomic mass is 31.2. The average molecular weight is 184 g/mol. The summed E-state index contributed by atoms with van der Waals surface area (Å²) in [5, 5.41) is 0. The van der Waals surface area contributed by atoms with Crippen LogP contribution in [0, 0.1) is 6.92 Å². The zero-order chi connectivity index (χ0) is 9.35. The maximum absolute atomic E-state index is 11.6. The van der Waals surface area contributed by atoms with Gasteiger partial charge in [-0.2, -0.15) is 0 Å². The second kappa shape index (κ2) is 2.91. The van der Waals surface area contributed by atoms with Crippen molar-refractivity contribution >= 4 is 18.3 Å². The highest BCUT2D eigenvalue weighted by Crippen LogP contribution is 2.35. The molecule has 4 heteroatoms. The molecule has 1 rings (SSSR count). The highest BCUT2D eigenvalue weighted by molar-refractivity contribution is 7.70. The molecule has 1 heterocycles. The van der Waals surface area contributed by atoms with E-state index in [0.717, 1.165) is 5.56 Å². The SMILES string of the molecule is Cc1cnc(P(C)(C)=O)c(N)c1. The summed E-state index contributed by atoms with van der Waals surface area (Å²) in [5.74, 6) is 0. The largest absolute Gasteiger partial charge is 0.397 e. The van der Waals surface area contributed by atoms with Gasteiger partial charge in [-0.05, 0) is 31.9 Å². The zero-order valence-corrected chi connectivity index (χ0v) is 8.43. The van der Waals surface area contributed by atoms with Crippen LogP contribution in [0.5, 0.6) is 0 Å². The number of hydrogen-bond donors (Lipinski definition) is 1. The molecule has 0 saturated heterocycles. The molecule has 12 heavy (non-hydrogen) atoms. The van der Waals surface area contributed by atoms with E-state index in [4.69, 9.17) is 5.73 Å². The first-order chi connectivity index (χ1) is 5.41. The minimum Gasteiger partial charge on any atom is -0.397 e. The van der Waals surface area contributed by atoms with Crippen molar-refractivity contribution in [1.29, 1.82) is 0 Å². The molecule has 0 bridgehead atoms. The predicted octanol–water partition coefficient (Wildman–Crippen LogP) is 1.22. The second-order valence-electron chi connectivity index (χ2n) is 3.28. The van der Waals surface area contributed by atoms with Crippen LogP contribution in [-0.4, -0.2) is 18.3 Å². The fraction of sp³-hybridized carbons (Fsp3) is 0.375. The van der Waals surface area contributed by atoms with Gasteiger partial charge in [-0.15, -0.1) is 0 Å². The molecule has 0 amide bonds. The van der Waals surface area contributed by atoms with Crippen molar-refractivity contribution in [3.63, 3.8) is 0 Å². The Morgan fingerprint density at radius 3 is 2.50 bits per heavy atom. The Morgan fingerprint density at radius 1 is 1.50 bits per heavy atom. The topological polar surface area (TPSA) is 56.0 Å². The van der Waals surface area contributed by atoms with Crippen molar-refractivity contribution in [3.05, 3.63) is 17.8 Å². The van der Waals surface area contributed by atoms with E-state index in [1.165, 1.54) is 0 Å². The smallest absolute Gasteiger partial charge is 0.129 e. The van der Waals surface area contributed by atoms with Gasteiger partial charge in [0, 0.05) is 6.20 Å². The number of aryl methyl sites for hydroxylation is 1. The molecule has 1 aromatic heterocycles. The number of aromatic nitrogens is 1. The molecule has 0 aliphatic carbocycles. The normalized spacial score (nSPS) is 11.6. The Bertz CT molecular complexity index is 343. The van der Waals surface area contributed by atoms with E-state index >= 15 is 0 Å². The monoisotopic (exact) mass is 184 g/mol. The minimum atomic E-state index is -2.31. The van der Waals surface area contributed by atoms with Crippen LogP contribution >= 0.6 is 7.14 Å². The quantitative estimate of drug-likeness (QED) is 0.667. The van der Waals surface area contributed by atoms with E-state index in [-0.39, 0.29) is 0 Å². The van der Waals surface area contributed by atoms with Gasteiger partial charge in [-0.1, -0.05) is 0 Å². The number of hydrogen-bond acceptors (Lipinski definition) is 3. The third-order valence-electron chi connectivity index (χ3n) is 1.54. The van der Waals surface area contributed by atoms with Gasteiger partial charge in [0.1, 0.15) is 12.6 Å². The molecule has 0 aliphatic heterocycles. The maximum atomic E-state index is 11.6. The first-order valence-corrected chi connectivity index (χ1v) is 6.29. The Morgan fingerprint density at radius 2 is 2.08 bits per heavy atom. The van der Waals surface area contributed by atoms with Crippen molar-refractivity contribution < 1.29 is 4.57 Å². The lowest BCUT2D eigenvalue weighted by Crippen LogP contribution is -2.13. The fourth-order valence-corrected chi connectivity index (χ4v) is 2.06. The van der Waals surface area contributed by atoms with E-state index in [9.17, 15) is 4.57 Å². The third-order valence-corrected chi connectivity index (χ3v) is 2.94. The number of rotatable bonds is 1. The van der Waals surface area contributed by atoms with Gasteiger partial charge in [-0.3, -0.25) is 4.98 Å². The van der Waals surface area contributed by atoms with Crippen molar-refractivity contribution in [2.45, 2.75) is 6.92 Å². The zero-order valence-electron chi connectivity index (χ0n) is 7.53. The summed E-state index contributed by atoms with van der Waals surface area (Å²) in [6, 6.07) is 1.79. The van der Waals surface area contributed by atoms with E-state index in [0.29, 0.717) is 11.1 Å². The third kappa shape index (κ3) is 1.86. The molecule has 3 nitrogen and oxygen atoms in total. The summed E-state index contributed by atoms with van der Waals surface area (Å²) < 4.78 is 11.6. The summed E-state index contributed by atoms with van der Waals surface area (Å²) in [4.78, 5) is 4.06. The molecular formula is C8H13N2OP. The van der Waals surface area contributed by atoms with Gasteiger partial charge in [0.15, 0.2) is 0 Å². The summed E-state index contributed by atoms with van der Waals surface area (Å²) in [6.07, 6.45) is 1.69. The first-order valence-electron chi connectivity index (χ1n) is 3.69. The standard InChI is InChI=1S/C8H13N2OP/c1-6-4-7(9)8(10-5-6)12(2,3)11/h4-5H,9H2,1-3H3. The molecule has 66 valence electrons. The Balaban J connectivity index is 3.28. The van der Waals surface area contributed by atoms with Crippen molar-refractivity contribution in [2.24, 2.45) is 0 Å². The van der Waals surface area contributed by atoms with E-state index < -0.39 is 7.14 Å². The van der Waals surface area contributed by atoms with Gasteiger partial charge >= 0.3 is 0 Å². The van der Waals surface area contributed by atoms with E-state index in [2.05, 4.69) is 4.98 Å². The van der Waals surface area contributed by atoms with E-state index in [1.807, 2.05) is 6.92 Å². The van der Waals surface area contributed by atoms with Crippen LogP contribution in [0.2, 0.25) is 0 Å². The molecule has 0 fully saturated rings. The fourth-order valence-electron chi connectivity index (χ4n) is 1.03. The van der Waals surface area contributed by atoms with Crippen molar-refractivity contribution in [1.82, 2.24) is 4.98 Å². The number of nitrogens with zero attached hydrogens (tertiary/aromatic N) is 1. The molecule has 0 spiro atoms. The van der Waals surface area contributed by atoms with Gasteiger partial charge in [-0.25, -0.2) is 0 Å². The van der Waals surface area contributed by atoms with Gasteiger partial charge < -0.3 is 10.3 Å².